The number of fused-ring (bicyclic) bond motifs is 1. The maximum atomic E-state index is 12.1. The fourth-order valence-corrected chi connectivity index (χ4v) is 2.66. The molecule has 0 fully saturated rings. The van der Waals surface area contributed by atoms with Gasteiger partial charge in [-0.25, -0.2) is 0 Å². The van der Waals surface area contributed by atoms with Crippen LogP contribution < -0.4 is 14.8 Å². The third-order valence-corrected chi connectivity index (χ3v) is 4.13. The summed E-state index contributed by atoms with van der Waals surface area (Å²) in [6.45, 7) is 1.69. The van der Waals surface area contributed by atoms with E-state index in [2.05, 4.69) is 21.5 Å². The number of benzene rings is 1. The fraction of sp³-hybridized carbons (Fsp3) is 0.500. The molecule has 0 bridgehead atoms. The van der Waals surface area contributed by atoms with Gasteiger partial charge in [-0.05, 0) is 6.07 Å². The number of carbonyl (C=O) groups is 1. The zero-order valence-electron chi connectivity index (χ0n) is 13.6. The maximum Gasteiger partial charge on any atom is 0.220 e. The van der Waals surface area contributed by atoms with Crippen LogP contribution in [0.3, 0.4) is 0 Å². The van der Waals surface area contributed by atoms with E-state index in [-0.39, 0.29) is 5.91 Å². The molecule has 2 aliphatic rings. The highest BCUT2D eigenvalue weighted by atomic mass is 16.5. The molecule has 0 radical (unpaired) electrons. The second kappa shape index (κ2) is 7.35. The summed E-state index contributed by atoms with van der Waals surface area (Å²) in [7, 11) is 0. The van der Waals surface area contributed by atoms with E-state index in [9.17, 15) is 4.79 Å². The molecule has 2 aliphatic heterocycles. The van der Waals surface area contributed by atoms with Crippen LogP contribution in [-0.4, -0.2) is 24.8 Å². The average Bonchev–Trinajstić information content (AvgIpc) is 3.40. The van der Waals surface area contributed by atoms with Crippen molar-refractivity contribution in [1.29, 1.82) is 0 Å². The summed E-state index contributed by atoms with van der Waals surface area (Å²) in [6.07, 6.45) is 8.44. The zero-order valence-corrected chi connectivity index (χ0v) is 13.6. The van der Waals surface area contributed by atoms with Gasteiger partial charge in [0, 0.05) is 44.2 Å². The van der Waals surface area contributed by atoms with E-state index in [0.717, 1.165) is 23.5 Å². The quantitative estimate of drug-likeness (QED) is 0.783. The summed E-state index contributed by atoms with van der Waals surface area (Å²) >= 11 is 0. The molecule has 1 aromatic carbocycles. The Hall–Kier alpha value is -2.55. The summed E-state index contributed by atoms with van der Waals surface area (Å²) in [5, 5.41) is 11.0. The van der Waals surface area contributed by atoms with Gasteiger partial charge >= 0.3 is 0 Å². The lowest BCUT2D eigenvalue weighted by molar-refractivity contribution is -0.121. The molecule has 2 heterocycles. The van der Waals surface area contributed by atoms with E-state index in [0.29, 0.717) is 45.4 Å². The Kier molecular flexibility index (Phi) is 4.99. The molecule has 1 amide bonds. The third kappa shape index (κ3) is 4.05. The van der Waals surface area contributed by atoms with E-state index in [1.807, 2.05) is 18.2 Å². The SMILES string of the molecule is C#CCCC1(CCC(=O)NCc2cccc3c2OCCCO3)N=N1. The van der Waals surface area contributed by atoms with E-state index in [1.165, 1.54) is 0 Å². The number of rotatable bonds is 7. The van der Waals surface area contributed by atoms with Gasteiger partial charge in [-0.2, -0.15) is 10.2 Å². The Balaban J connectivity index is 1.49. The molecule has 0 aromatic heterocycles. The first-order valence-corrected chi connectivity index (χ1v) is 8.24. The van der Waals surface area contributed by atoms with Crippen molar-refractivity contribution in [2.45, 2.75) is 44.3 Å². The Bertz CT molecular complexity index is 673. The Morgan fingerprint density at radius 3 is 2.92 bits per heavy atom. The second-order valence-electron chi connectivity index (χ2n) is 5.96. The largest absolute Gasteiger partial charge is 0.490 e. The lowest BCUT2D eigenvalue weighted by Crippen LogP contribution is -2.25. The number of carbonyl (C=O) groups excluding carboxylic acids is 1. The van der Waals surface area contributed by atoms with Gasteiger partial charge in [0.2, 0.25) is 5.91 Å². The van der Waals surface area contributed by atoms with Crippen molar-refractivity contribution in [3.05, 3.63) is 23.8 Å². The van der Waals surface area contributed by atoms with Crippen LogP contribution in [0.15, 0.2) is 28.4 Å². The van der Waals surface area contributed by atoms with Gasteiger partial charge in [0.25, 0.3) is 0 Å². The molecule has 1 N–H and O–H groups in total. The molecule has 6 heteroatoms. The van der Waals surface area contributed by atoms with Crippen LogP contribution in [0.1, 0.15) is 37.7 Å². The van der Waals surface area contributed by atoms with Gasteiger partial charge in [-0.15, -0.1) is 12.3 Å². The highest BCUT2D eigenvalue weighted by molar-refractivity contribution is 5.76. The van der Waals surface area contributed by atoms with Crippen molar-refractivity contribution in [3.8, 4) is 23.8 Å². The highest BCUT2D eigenvalue weighted by Gasteiger charge is 2.39. The van der Waals surface area contributed by atoms with E-state index in [1.54, 1.807) is 0 Å². The number of hydrogen-bond donors (Lipinski definition) is 1. The maximum absolute atomic E-state index is 12.1. The smallest absolute Gasteiger partial charge is 0.220 e. The number of amides is 1. The molecule has 0 saturated carbocycles. The minimum atomic E-state index is -0.412. The number of nitrogens with zero attached hydrogens (tertiary/aromatic N) is 2. The molecule has 24 heavy (non-hydrogen) atoms. The lowest BCUT2D eigenvalue weighted by Gasteiger charge is -2.13. The summed E-state index contributed by atoms with van der Waals surface area (Å²) < 4.78 is 11.4. The monoisotopic (exact) mass is 327 g/mol. The van der Waals surface area contributed by atoms with Gasteiger partial charge in [0.15, 0.2) is 17.2 Å². The minimum Gasteiger partial charge on any atom is -0.490 e. The summed E-state index contributed by atoms with van der Waals surface area (Å²) in [5.41, 5.74) is 0.510. The summed E-state index contributed by atoms with van der Waals surface area (Å²) in [4.78, 5) is 12.1. The number of hydrogen-bond acceptors (Lipinski definition) is 5. The van der Waals surface area contributed by atoms with Crippen LogP contribution in [-0.2, 0) is 11.3 Å². The lowest BCUT2D eigenvalue weighted by atomic mass is 10.0. The van der Waals surface area contributed by atoms with Crippen LogP contribution in [0.4, 0.5) is 0 Å². The highest BCUT2D eigenvalue weighted by Crippen LogP contribution is 2.37. The van der Waals surface area contributed by atoms with Crippen molar-refractivity contribution in [2.24, 2.45) is 10.2 Å². The molecular weight excluding hydrogens is 306 g/mol. The van der Waals surface area contributed by atoms with E-state index < -0.39 is 5.66 Å². The minimum absolute atomic E-state index is 0.0282. The van der Waals surface area contributed by atoms with Crippen LogP contribution in [0.5, 0.6) is 11.5 Å². The van der Waals surface area contributed by atoms with Crippen molar-refractivity contribution in [2.75, 3.05) is 13.2 Å². The number of ether oxygens (including phenoxy) is 2. The molecule has 0 saturated heterocycles. The van der Waals surface area contributed by atoms with Crippen molar-refractivity contribution >= 4 is 5.91 Å². The standard InChI is InChI=1S/C18H21N3O3/c1-2-3-9-18(20-21-18)10-8-16(22)19-13-14-6-4-7-15-17(14)24-12-5-11-23-15/h1,4,6-7H,3,5,8-13H2,(H,19,22). The number of terminal acetylenes is 1. The van der Waals surface area contributed by atoms with Gasteiger partial charge in [-0.3, -0.25) is 4.79 Å². The second-order valence-corrected chi connectivity index (χ2v) is 5.96. The van der Waals surface area contributed by atoms with Crippen molar-refractivity contribution in [3.63, 3.8) is 0 Å². The first-order chi connectivity index (χ1) is 11.7. The van der Waals surface area contributed by atoms with Crippen LogP contribution in [0, 0.1) is 12.3 Å². The number of para-hydroxylation sites is 1. The molecular formula is C18H21N3O3. The molecule has 1 aromatic rings. The zero-order chi connectivity index (χ0) is 16.8. The molecule has 3 rings (SSSR count). The topological polar surface area (TPSA) is 72.3 Å². The van der Waals surface area contributed by atoms with Gasteiger partial charge < -0.3 is 14.8 Å². The Morgan fingerprint density at radius 1 is 1.29 bits per heavy atom. The Morgan fingerprint density at radius 2 is 2.12 bits per heavy atom. The third-order valence-electron chi connectivity index (χ3n) is 4.13. The predicted octanol–water partition coefficient (Wildman–Crippen LogP) is 2.82. The first kappa shape index (κ1) is 16.3. The van der Waals surface area contributed by atoms with E-state index >= 15 is 0 Å². The molecule has 126 valence electrons. The average molecular weight is 327 g/mol. The van der Waals surface area contributed by atoms with Gasteiger partial charge in [-0.1, -0.05) is 12.1 Å². The van der Waals surface area contributed by atoms with Crippen LogP contribution in [0.25, 0.3) is 0 Å². The van der Waals surface area contributed by atoms with Gasteiger partial charge in [0.05, 0.1) is 13.2 Å². The first-order valence-electron chi connectivity index (χ1n) is 8.24. The van der Waals surface area contributed by atoms with Crippen molar-refractivity contribution in [1.82, 2.24) is 5.32 Å². The number of nitrogens with one attached hydrogen (secondary N) is 1. The van der Waals surface area contributed by atoms with Crippen LogP contribution >= 0.6 is 0 Å². The normalized spacial score (nSPS) is 16.8. The van der Waals surface area contributed by atoms with Crippen LogP contribution in [0.2, 0.25) is 0 Å². The van der Waals surface area contributed by atoms with Crippen molar-refractivity contribution < 1.29 is 14.3 Å². The summed E-state index contributed by atoms with van der Waals surface area (Å²) in [5.74, 6) is 4.03. The molecule has 0 atom stereocenters. The fourth-order valence-electron chi connectivity index (χ4n) is 2.66. The van der Waals surface area contributed by atoms with Gasteiger partial charge in [0.1, 0.15) is 0 Å². The molecule has 0 unspecified atom stereocenters. The summed E-state index contributed by atoms with van der Waals surface area (Å²) in [6, 6.07) is 5.73. The van der Waals surface area contributed by atoms with E-state index in [4.69, 9.17) is 15.9 Å². The molecule has 0 spiro atoms. The predicted molar refractivity (Wildman–Crippen MR) is 88.8 cm³/mol. The molecule has 0 aliphatic carbocycles. The Labute approximate surface area is 141 Å². The molecule has 6 nitrogen and oxygen atoms in total.